The van der Waals surface area contributed by atoms with Gasteiger partial charge in [0.1, 0.15) is 11.8 Å². The van der Waals surface area contributed by atoms with Gasteiger partial charge in [0, 0.05) is 23.5 Å². The Morgan fingerprint density at radius 2 is 1.94 bits per heavy atom. The van der Waals surface area contributed by atoms with Gasteiger partial charge < -0.3 is 16.6 Å². The first-order valence-corrected chi connectivity index (χ1v) is 12.2. The van der Waals surface area contributed by atoms with Gasteiger partial charge in [-0.3, -0.25) is 9.78 Å². The van der Waals surface area contributed by atoms with E-state index in [2.05, 4.69) is 10.3 Å². The van der Waals surface area contributed by atoms with Crippen LogP contribution in [0.15, 0.2) is 60.9 Å². The van der Waals surface area contributed by atoms with E-state index in [1.807, 2.05) is 61.7 Å². The minimum atomic E-state index is -1.04. The van der Waals surface area contributed by atoms with Gasteiger partial charge in [0.2, 0.25) is 0 Å². The molecule has 0 spiro atoms. The van der Waals surface area contributed by atoms with Crippen LogP contribution in [-0.2, 0) is 4.79 Å². The fourth-order valence-corrected chi connectivity index (χ4v) is 4.05. The van der Waals surface area contributed by atoms with Gasteiger partial charge in [0.15, 0.2) is 0 Å². The number of pyridine rings is 1. The molecule has 0 aliphatic heterocycles. The number of carboxylic acids is 1. The Balaban J connectivity index is 0.00000324. The molecule has 1 unspecified atom stereocenters. The van der Waals surface area contributed by atoms with Gasteiger partial charge in [0.05, 0.1) is 7.11 Å². The molecule has 2 aromatic carbocycles. The van der Waals surface area contributed by atoms with Crippen molar-refractivity contribution in [2.75, 3.05) is 19.1 Å². The molecule has 0 fully saturated rings. The second-order valence-corrected chi connectivity index (χ2v) is 8.70. The molecule has 0 aliphatic rings. The van der Waals surface area contributed by atoms with Crippen molar-refractivity contribution in [2.24, 2.45) is 0 Å². The number of aromatic nitrogens is 1. The van der Waals surface area contributed by atoms with E-state index in [9.17, 15) is 14.7 Å². The SMILES string of the molecule is COc1ccncc1C=Cc1ccc(C(=O)NC(CCSC)C(=O)O)c(-c2ccccc2C)c1.[H-].[Na+]. The average Bonchev–Trinajstić information content (AvgIpc) is 2.85. The minimum Gasteiger partial charge on any atom is -1.00 e. The number of aryl methyl sites for hydroxylation is 1. The number of carbonyl (C=O) groups excluding carboxylic acids is 1. The van der Waals surface area contributed by atoms with E-state index in [1.54, 1.807) is 43.4 Å². The maximum Gasteiger partial charge on any atom is 1.00 e. The van der Waals surface area contributed by atoms with Crippen LogP contribution in [0.4, 0.5) is 0 Å². The number of methoxy groups -OCH3 is 1. The zero-order valence-corrected chi connectivity index (χ0v) is 23.3. The Kier molecular flexibility index (Phi) is 11.5. The van der Waals surface area contributed by atoms with Gasteiger partial charge in [-0.1, -0.05) is 36.4 Å². The van der Waals surface area contributed by atoms with E-state index >= 15 is 0 Å². The van der Waals surface area contributed by atoms with Crippen molar-refractivity contribution in [1.82, 2.24) is 10.3 Å². The maximum atomic E-state index is 13.2. The molecule has 1 amide bonds. The molecule has 0 aliphatic carbocycles. The number of carbonyl (C=O) groups is 2. The van der Waals surface area contributed by atoms with E-state index in [1.165, 1.54) is 0 Å². The molecule has 0 saturated carbocycles. The van der Waals surface area contributed by atoms with Crippen molar-refractivity contribution < 1.29 is 50.4 Å². The van der Waals surface area contributed by atoms with Crippen LogP contribution < -0.4 is 39.6 Å². The van der Waals surface area contributed by atoms with E-state index < -0.39 is 17.9 Å². The van der Waals surface area contributed by atoms with Crippen molar-refractivity contribution >= 4 is 35.8 Å². The second-order valence-electron chi connectivity index (χ2n) is 7.72. The second kappa shape index (κ2) is 14.1. The summed E-state index contributed by atoms with van der Waals surface area (Å²) >= 11 is 1.54. The van der Waals surface area contributed by atoms with Crippen molar-refractivity contribution in [3.8, 4) is 16.9 Å². The predicted octanol–water partition coefficient (Wildman–Crippen LogP) is 2.29. The quantitative estimate of drug-likeness (QED) is 0.416. The number of nitrogens with zero attached hydrogens (tertiary/aromatic N) is 1. The first-order valence-electron chi connectivity index (χ1n) is 10.8. The van der Waals surface area contributed by atoms with Gasteiger partial charge in [-0.05, 0) is 71.9 Å². The summed E-state index contributed by atoms with van der Waals surface area (Å²) in [5, 5.41) is 12.2. The third-order valence-corrected chi connectivity index (χ3v) is 6.07. The van der Waals surface area contributed by atoms with Crippen LogP contribution in [0.3, 0.4) is 0 Å². The van der Waals surface area contributed by atoms with Crippen LogP contribution in [0.1, 0.15) is 34.9 Å². The van der Waals surface area contributed by atoms with Gasteiger partial charge in [-0.15, -0.1) is 0 Å². The monoisotopic (exact) mass is 500 g/mol. The zero-order chi connectivity index (χ0) is 24.5. The van der Waals surface area contributed by atoms with Crippen LogP contribution in [0.25, 0.3) is 23.3 Å². The topological polar surface area (TPSA) is 88.5 Å². The fraction of sp³-hybridized carbons (Fsp3) is 0.222. The molecule has 0 saturated heterocycles. The molecule has 0 bridgehead atoms. The Morgan fingerprint density at radius 3 is 2.63 bits per heavy atom. The van der Waals surface area contributed by atoms with E-state index in [-0.39, 0.29) is 31.0 Å². The molecule has 178 valence electrons. The molecule has 2 N–H and O–H groups in total. The number of thioether (sulfide) groups is 1. The van der Waals surface area contributed by atoms with Crippen molar-refractivity contribution in [1.29, 1.82) is 0 Å². The first-order chi connectivity index (χ1) is 16.4. The van der Waals surface area contributed by atoms with Crippen LogP contribution in [0, 0.1) is 6.92 Å². The molecule has 1 atom stereocenters. The normalized spacial score (nSPS) is 11.5. The largest absolute Gasteiger partial charge is 1.00 e. The van der Waals surface area contributed by atoms with Crippen LogP contribution >= 0.6 is 11.8 Å². The number of carboxylic acid groups (broad SMARTS) is 1. The Labute approximate surface area is 234 Å². The Hall–Kier alpha value is -2.58. The summed E-state index contributed by atoms with van der Waals surface area (Å²) in [6.07, 6.45) is 9.50. The third-order valence-electron chi connectivity index (χ3n) is 5.42. The fourth-order valence-electron chi connectivity index (χ4n) is 3.58. The van der Waals surface area contributed by atoms with Crippen molar-refractivity contribution in [3.63, 3.8) is 0 Å². The minimum absolute atomic E-state index is 0. The maximum absolute atomic E-state index is 13.2. The number of benzene rings is 2. The summed E-state index contributed by atoms with van der Waals surface area (Å²) < 4.78 is 5.38. The molecule has 1 aromatic heterocycles. The molecular formula is C27H29N2NaO4S. The number of aliphatic carboxylic acids is 1. The molecule has 1 heterocycles. The summed E-state index contributed by atoms with van der Waals surface area (Å²) in [7, 11) is 1.61. The molecule has 8 heteroatoms. The van der Waals surface area contributed by atoms with E-state index in [0.29, 0.717) is 23.5 Å². The number of rotatable bonds is 10. The summed E-state index contributed by atoms with van der Waals surface area (Å²) in [5.41, 5.74) is 4.83. The third kappa shape index (κ3) is 7.70. The summed E-state index contributed by atoms with van der Waals surface area (Å²) in [6.45, 7) is 1.98. The number of hydrogen-bond acceptors (Lipinski definition) is 5. The molecule has 35 heavy (non-hydrogen) atoms. The average molecular weight is 501 g/mol. The van der Waals surface area contributed by atoms with Crippen LogP contribution in [0.2, 0.25) is 0 Å². The molecular weight excluding hydrogens is 471 g/mol. The van der Waals surface area contributed by atoms with Crippen molar-refractivity contribution in [3.05, 3.63) is 83.2 Å². The predicted molar refractivity (Wildman–Crippen MR) is 139 cm³/mol. The molecule has 3 aromatic rings. The van der Waals surface area contributed by atoms with Crippen LogP contribution in [-0.4, -0.2) is 47.1 Å². The number of hydrogen-bond donors (Lipinski definition) is 2. The van der Waals surface area contributed by atoms with Gasteiger partial charge in [-0.2, -0.15) is 11.8 Å². The first kappa shape index (κ1) is 28.7. The molecule has 0 radical (unpaired) electrons. The number of ether oxygens (including phenoxy) is 1. The Bertz CT molecular complexity index is 1210. The van der Waals surface area contributed by atoms with Gasteiger partial charge in [0.25, 0.3) is 5.91 Å². The number of nitrogens with one attached hydrogen (secondary N) is 1. The molecule has 3 rings (SSSR count). The standard InChI is InChI=1S/C27H28N2O4S.Na.H/c1-18-6-4-5-7-21(18)23-16-19(8-10-20-17-28-14-12-25(20)33-2)9-11-22(23)26(30)29-24(27(31)32)13-15-34-3;;/h4-12,14,16-17,24H,13,15H2,1-3H3,(H,29,30)(H,31,32);;/q;+1;-1. The van der Waals surface area contributed by atoms with E-state index in [0.717, 1.165) is 27.8 Å². The summed E-state index contributed by atoms with van der Waals surface area (Å²) in [5.74, 6) is -0.0870. The number of amides is 1. The van der Waals surface area contributed by atoms with Gasteiger partial charge >= 0.3 is 35.5 Å². The molecule has 6 nitrogen and oxygen atoms in total. The zero-order valence-electron chi connectivity index (χ0n) is 21.4. The Morgan fingerprint density at radius 1 is 1.17 bits per heavy atom. The smallest absolute Gasteiger partial charge is 1.00 e. The summed E-state index contributed by atoms with van der Waals surface area (Å²) in [6, 6.07) is 14.2. The van der Waals surface area contributed by atoms with Crippen molar-refractivity contribution in [2.45, 2.75) is 19.4 Å². The summed E-state index contributed by atoms with van der Waals surface area (Å²) in [4.78, 5) is 29.0. The van der Waals surface area contributed by atoms with Gasteiger partial charge in [-0.25, -0.2) is 4.79 Å². The van der Waals surface area contributed by atoms with Crippen LogP contribution in [0.5, 0.6) is 5.75 Å². The van der Waals surface area contributed by atoms with E-state index in [4.69, 9.17) is 4.74 Å².